The lowest BCUT2D eigenvalue weighted by Gasteiger charge is -2.48. The Kier molecular flexibility index (Phi) is 4.86. The molecule has 4 unspecified atom stereocenters. The highest BCUT2D eigenvalue weighted by Gasteiger charge is 2.79. The largest absolute Gasteiger partial charge is 0.497 e. The molecule has 0 spiro atoms. The lowest BCUT2D eigenvalue weighted by atomic mass is 9.52. The van der Waals surface area contributed by atoms with Crippen LogP contribution in [0.1, 0.15) is 30.1 Å². The van der Waals surface area contributed by atoms with Crippen LogP contribution in [0.2, 0.25) is 5.02 Å². The highest BCUT2D eigenvalue weighted by molar-refractivity contribution is 6.30. The molecule has 4 rings (SSSR count). The standard InChI is InChI=1S/C23H16ClFN4O3/c1-21-18(13-3-6-15(30-2)7-4-13)23(12-28,20(29)32-21)22(10-26,11-27)19(31-21)14-5-8-16(24)17(25)9-14/h3-9,18-19,29H,1-2H3. The summed E-state index contributed by atoms with van der Waals surface area (Å²) in [5.41, 5.74) is -3.60. The van der Waals surface area contributed by atoms with Gasteiger partial charge in [0.15, 0.2) is 5.41 Å². The third-order valence-corrected chi connectivity index (χ3v) is 6.52. The van der Waals surface area contributed by atoms with Gasteiger partial charge in [-0.25, -0.2) is 4.39 Å². The van der Waals surface area contributed by atoms with Crippen LogP contribution < -0.4 is 4.74 Å². The maximum Gasteiger partial charge on any atom is 0.218 e. The Labute approximate surface area is 188 Å². The monoisotopic (exact) mass is 450 g/mol. The fraction of sp³-hybridized carbons (Fsp3) is 0.304. The maximum atomic E-state index is 14.3. The van der Waals surface area contributed by atoms with Gasteiger partial charge in [-0.15, -0.1) is 0 Å². The van der Waals surface area contributed by atoms with Crippen LogP contribution in [-0.4, -0.2) is 18.8 Å². The first-order valence-electron chi connectivity index (χ1n) is 9.51. The highest BCUT2D eigenvalue weighted by atomic mass is 35.5. The van der Waals surface area contributed by atoms with E-state index in [9.17, 15) is 20.2 Å². The minimum atomic E-state index is -2.22. The molecule has 2 heterocycles. The summed E-state index contributed by atoms with van der Waals surface area (Å²) in [5, 5.41) is 39.3. The second-order valence-corrected chi connectivity index (χ2v) is 8.18. The van der Waals surface area contributed by atoms with Crippen LogP contribution in [0.3, 0.4) is 0 Å². The normalized spacial score (nSPS) is 29.8. The summed E-state index contributed by atoms with van der Waals surface area (Å²) in [4.78, 5) is 0. The van der Waals surface area contributed by atoms with Gasteiger partial charge in [0.25, 0.3) is 0 Å². The first kappa shape index (κ1) is 21.6. The topological polar surface area (TPSA) is 123 Å². The predicted octanol–water partition coefficient (Wildman–Crippen LogP) is 4.61. The fourth-order valence-electron chi connectivity index (χ4n) is 4.76. The van der Waals surface area contributed by atoms with E-state index in [4.69, 9.17) is 31.2 Å². The van der Waals surface area contributed by atoms with Gasteiger partial charge in [-0.3, -0.25) is 5.41 Å². The fourth-order valence-corrected chi connectivity index (χ4v) is 4.88. The van der Waals surface area contributed by atoms with Crippen molar-refractivity contribution in [2.24, 2.45) is 10.8 Å². The van der Waals surface area contributed by atoms with Crippen LogP contribution >= 0.6 is 11.6 Å². The first-order chi connectivity index (χ1) is 15.2. The molecule has 0 radical (unpaired) electrons. The van der Waals surface area contributed by atoms with E-state index in [0.29, 0.717) is 11.3 Å². The Morgan fingerprint density at radius 3 is 2.22 bits per heavy atom. The third-order valence-electron chi connectivity index (χ3n) is 6.21. The van der Waals surface area contributed by atoms with Crippen LogP contribution in [0.5, 0.6) is 5.75 Å². The van der Waals surface area contributed by atoms with Crippen molar-refractivity contribution in [2.75, 3.05) is 7.11 Å². The zero-order chi connectivity index (χ0) is 23.3. The van der Waals surface area contributed by atoms with Crippen molar-refractivity contribution < 1.29 is 18.6 Å². The van der Waals surface area contributed by atoms with E-state index in [1.165, 1.54) is 26.2 Å². The lowest BCUT2D eigenvalue weighted by molar-refractivity contribution is -0.253. The van der Waals surface area contributed by atoms with Gasteiger partial charge in [-0.1, -0.05) is 29.8 Å². The molecule has 2 fully saturated rings. The van der Waals surface area contributed by atoms with E-state index < -0.39 is 40.4 Å². The summed E-state index contributed by atoms with van der Waals surface area (Å²) in [6.07, 6.45) is -1.38. The minimum Gasteiger partial charge on any atom is -0.497 e. The van der Waals surface area contributed by atoms with Gasteiger partial charge in [-0.05, 0) is 35.4 Å². The Bertz CT molecular complexity index is 1230. The zero-order valence-electron chi connectivity index (χ0n) is 17.0. The SMILES string of the molecule is COc1ccc(C2C3(C)OC(=N)C2(C#N)C(C#N)(C#N)C(c2ccc(Cl)c(F)c2)O3)cc1. The minimum absolute atomic E-state index is 0.132. The van der Waals surface area contributed by atoms with Gasteiger partial charge in [0.2, 0.25) is 17.1 Å². The number of ether oxygens (including phenoxy) is 3. The average Bonchev–Trinajstić information content (AvgIpc) is 2.98. The molecule has 7 nitrogen and oxygen atoms in total. The number of fused-ring (bicyclic) bond motifs is 2. The number of nitrogens with one attached hydrogen (secondary N) is 1. The molecule has 2 aliphatic heterocycles. The van der Waals surface area contributed by atoms with Crippen molar-refractivity contribution in [3.05, 3.63) is 64.4 Å². The van der Waals surface area contributed by atoms with E-state index in [1.807, 2.05) is 12.1 Å². The first-order valence-corrected chi connectivity index (χ1v) is 9.89. The van der Waals surface area contributed by atoms with E-state index in [-0.39, 0.29) is 10.6 Å². The van der Waals surface area contributed by atoms with Crippen LogP contribution in [-0.2, 0) is 9.47 Å². The Balaban J connectivity index is 2.00. The molecule has 0 amide bonds. The lowest BCUT2D eigenvalue weighted by Crippen LogP contribution is -2.57. The van der Waals surface area contributed by atoms with Crippen molar-refractivity contribution in [2.45, 2.75) is 24.7 Å². The summed E-state index contributed by atoms with van der Waals surface area (Å²) in [6.45, 7) is 1.54. The summed E-state index contributed by atoms with van der Waals surface area (Å²) in [5.74, 6) is -3.34. The molecule has 0 aliphatic carbocycles. The molecule has 4 atom stereocenters. The van der Waals surface area contributed by atoms with Crippen LogP contribution in [0.25, 0.3) is 0 Å². The molecule has 1 N–H and O–H groups in total. The van der Waals surface area contributed by atoms with Gasteiger partial charge in [0, 0.05) is 6.92 Å². The van der Waals surface area contributed by atoms with Gasteiger partial charge >= 0.3 is 0 Å². The summed E-state index contributed by atoms with van der Waals surface area (Å²) in [7, 11) is 1.51. The molecule has 0 saturated carbocycles. The summed E-state index contributed by atoms with van der Waals surface area (Å²) < 4.78 is 31.3. The molecule has 2 saturated heterocycles. The molecule has 160 valence electrons. The Morgan fingerprint density at radius 2 is 1.69 bits per heavy atom. The number of hydrogen-bond acceptors (Lipinski definition) is 7. The number of nitrogens with zero attached hydrogens (tertiary/aromatic N) is 3. The third kappa shape index (κ3) is 2.56. The van der Waals surface area contributed by atoms with Crippen LogP contribution in [0, 0.1) is 56.0 Å². The van der Waals surface area contributed by atoms with Crippen molar-refractivity contribution in [3.8, 4) is 24.0 Å². The molecule has 32 heavy (non-hydrogen) atoms. The molecule has 2 bridgehead atoms. The van der Waals surface area contributed by atoms with Crippen LogP contribution in [0.4, 0.5) is 4.39 Å². The van der Waals surface area contributed by atoms with Crippen molar-refractivity contribution in [3.63, 3.8) is 0 Å². The molecule has 2 aromatic carbocycles. The van der Waals surface area contributed by atoms with Gasteiger partial charge in [-0.2, -0.15) is 15.8 Å². The molecule has 9 heteroatoms. The number of methoxy groups -OCH3 is 1. The highest BCUT2D eigenvalue weighted by Crippen LogP contribution is 2.69. The second kappa shape index (κ2) is 7.21. The Morgan fingerprint density at radius 1 is 1.06 bits per heavy atom. The Hall–Kier alpha value is -3.64. The van der Waals surface area contributed by atoms with Gasteiger partial charge < -0.3 is 14.2 Å². The van der Waals surface area contributed by atoms with E-state index in [2.05, 4.69) is 6.07 Å². The zero-order valence-corrected chi connectivity index (χ0v) is 17.8. The van der Waals surface area contributed by atoms with E-state index in [0.717, 1.165) is 6.07 Å². The van der Waals surface area contributed by atoms with Gasteiger partial charge in [0.1, 0.15) is 17.7 Å². The second-order valence-electron chi connectivity index (χ2n) is 7.78. The summed E-state index contributed by atoms with van der Waals surface area (Å²) >= 11 is 5.79. The maximum absolute atomic E-state index is 14.3. The number of rotatable bonds is 3. The van der Waals surface area contributed by atoms with Crippen molar-refractivity contribution >= 4 is 17.5 Å². The van der Waals surface area contributed by atoms with Crippen LogP contribution in [0.15, 0.2) is 42.5 Å². The summed E-state index contributed by atoms with van der Waals surface area (Å²) in [6, 6.07) is 16.3. The smallest absolute Gasteiger partial charge is 0.218 e. The van der Waals surface area contributed by atoms with Crippen molar-refractivity contribution in [1.82, 2.24) is 0 Å². The van der Waals surface area contributed by atoms with E-state index in [1.54, 1.807) is 24.3 Å². The average molecular weight is 451 g/mol. The molecular weight excluding hydrogens is 435 g/mol. The molecule has 2 aromatic rings. The molecule has 0 aromatic heterocycles. The predicted molar refractivity (Wildman–Crippen MR) is 110 cm³/mol. The number of nitriles is 3. The number of hydrogen-bond donors (Lipinski definition) is 1. The number of halogens is 2. The molecular formula is C23H16ClFN4O3. The van der Waals surface area contributed by atoms with Gasteiger partial charge in [0.05, 0.1) is 36.3 Å². The molecule has 2 aliphatic rings. The number of benzene rings is 2. The quantitative estimate of drug-likeness (QED) is 0.728. The van der Waals surface area contributed by atoms with Crippen molar-refractivity contribution in [1.29, 1.82) is 21.2 Å². The van der Waals surface area contributed by atoms with E-state index >= 15 is 0 Å².